The van der Waals surface area contributed by atoms with Crippen molar-refractivity contribution in [2.75, 3.05) is 25.5 Å². The van der Waals surface area contributed by atoms with E-state index in [0.29, 0.717) is 5.88 Å². The fraction of sp³-hybridized carbons (Fsp3) is 0.647. The SMILES string of the molecule is CCC(CC)C(=O)Nc1ccc(OC2CCN(C)CC2)nc1. The Morgan fingerprint density at radius 3 is 2.59 bits per heavy atom. The molecule has 0 spiro atoms. The Balaban J connectivity index is 1.86. The van der Waals surface area contributed by atoms with Crippen molar-refractivity contribution in [3.63, 3.8) is 0 Å². The molecule has 0 saturated carbocycles. The molecule has 5 heteroatoms. The van der Waals surface area contributed by atoms with Crippen LogP contribution in [0.5, 0.6) is 5.88 Å². The Morgan fingerprint density at radius 2 is 2.05 bits per heavy atom. The number of nitrogens with one attached hydrogen (secondary N) is 1. The Morgan fingerprint density at radius 1 is 1.36 bits per heavy atom. The molecule has 0 aromatic carbocycles. The number of carbonyl (C=O) groups excluding carboxylic acids is 1. The summed E-state index contributed by atoms with van der Waals surface area (Å²) in [4.78, 5) is 18.6. The number of hydrogen-bond acceptors (Lipinski definition) is 4. The van der Waals surface area contributed by atoms with Crippen LogP contribution in [0.25, 0.3) is 0 Å². The number of nitrogens with zero attached hydrogens (tertiary/aromatic N) is 2. The fourth-order valence-corrected chi connectivity index (χ4v) is 2.70. The van der Waals surface area contributed by atoms with E-state index in [1.165, 1.54) is 0 Å². The summed E-state index contributed by atoms with van der Waals surface area (Å²) >= 11 is 0. The predicted octanol–water partition coefficient (Wildman–Crippen LogP) is 2.93. The van der Waals surface area contributed by atoms with Crippen LogP contribution in [0.1, 0.15) is 39.5 Å². The molecule has 1 N–H and O–H groups in total. The highest BCUT2D eigenvalue weighted by Gasteiger charge is 2.18. The van der Waals surface area contributed by atoms with Crippen molar-refractivity contribution in [2.24, 2.45) is 5.92 Å². The second-order valence-electron chi connectivity index (χ2n) is 6.01. The number of aromatic nitrogens is 1. The van der Waals surface area contributed by atoms with Gasteiger partial charge in [-0.2, -0.15) is 0 Å². The van der Waals surface area contributed by atoms with Crippen molar-refractivity contribution >= 4 is 11.6 Å². The number of anilines is 1. The molecular formula is C17H27N3O2. The van der Waals surface area contributed by atoms with Gasteiger partial charge in [0.2, 0.25) is 11.8 Å². The van der Waals surface area contributed by atoms with Gasteiger partial charge in [-0.1, -0.05) is 13.8 Å². The highest BCUT2D eigenvalue weighted by Crippen LogP contribution is 2.19. The standard InChI is InChI=1S/C17H27N3O2/c1-4-13(5-2)17(21)19-14-6-7-16(18-12-14)22-15-8-10-20(3)11-9-15/h6-7,12-13,15H,4-5,8-11H2,1-3H3,(H,19,21). The van der Waals surface area contributed by atoms with Crippen molar-refractivity contribution in [1.82, 2.24) is 9.88 Å². The molecule has 5 nitrogen and oxygen atoms in total. The van der Waals surface area contributed by atoms with Crippen molar-refractivity contribution in [3.05, 3.63) is 18.3 Å². The topological polar surface area (TPSA) is 54.5 Å². The van der Waals surface area contributed by atoms with Crippen LogP contribution in [-0.4, -0.2) is 42.0 Å². The third-order valence-electron chi connectivity index (χ3n) is 4.31. The summed E-state index contributed by atoms with van der Waals surface area (Å²) in [6, 6.07) is 3.69. The molecule has 0 bridgehead atoms. The minimum atomic E-state index is 0.0650. The maximum Gasteiger partial charge on any atom is 0.227 e. The van der Waals surface area contributed by atoms with E-state index in [1.807, 2.05) is 26.0 Å². The van der Waals surface area contributed by atoms with Crippen molar-refractivity contribution in [1.29, 1.82) is 0 Å². The van der Waals surface area contributed by atoms with E-state index in [1.54, 1.807) is 6.20 Å². The molecule has 2 rings (SSSR count). The summed E-state index contributed by atoms with van der Waals surface area (Å²) in [6.07, 6.45) is 5.69. The summed E-state index contributed by atoms with van der Waals surface area (Å²) in [6.45, 7) is 6.19. The highest BCUT2D eigenvalue weighted by atomic mass is 16.5. The third kappa shape index (κ3) is 4.70. The Kier molecular flexibility index (Phi) is 6.19. The number of carbonyl (C=O) groups is 1. The molecule has 1 aromatic heterocycles. The number of hydrogen-bond donors (Lipinski definition) is 1. The van der Waals surface area contributed by atoms with Gasteiger partial charge in [-0.15, -0.1) is 0 Å². The van der Waals surface area contributed by atoms with E-state index in [4.69, 9.17) is 4.74 Å². The summed E-state index contributed by atoms with van der Waals surface area (Å²) in [7, 11) is 2.13. The molecular weight excluding hydrogens is 278 g/mol. The van der Waals surface area contributed by atoms with Crippen LogP contribution in [0.3, 0.4) is 0 Å². The van der Waals surface area contributed by atoms with E-state index < -0.39 is 0 Å². The van der Waals surface area contributed by atoms with Crippen LogP contribution in [0.4, 0.5) is 5.69 Å². The van der Waals surface area contributed by atoms with Crippen LogP contribution in [0, 0.1) is 5.92 Å². The van der Waals surface area contributed by atoms with E-state index in [9.17, 15) is 4.79 Å². The van der Waals surface area contributed by atoms with Gasteiger partial charge in [0.25, 0.3) is 0 Å². The Labute approximate surface area is 133 Å². The first-order valence-corrected chi connectivity index (χ1v) is 8.24. The number of piperidine rings is 1. The highest BCUT2D eigenvalue weighted by molar-refractivity contribution is 5.92. The quantitative estimate of drug-likeness (QED) is 0.878. The molecule has 1 aliphatic rings. The number of amides is 1. The molecule has 0 aliphatic carbocycles. The third-order valence-corrected chi connectivity index (χ3v) is 4.31. The molecule has 1 aromatic rings. The molecule has 1 amide bonds. The molecule has 0 atom stereocenters. The minimum Gasteiger partial charge on any atom is -0.474 e. The van der Waals surface area contributed by atoms with Gasteiger partial charge < -0.3 is 15.0 Å². The van der Waals surface area contributed by atoms with E-state index >= 15 is 0 Å². The molecule has 2 heterocycles. The van der Waals surface area contributed by atoms with Crippen LogP contribution in [-0.2, 0) is 4.79 Å². The van der Waals surface area contributed by atoms with Gasteiger partial charge >= 0.3 is 0 Å². The Bertz CT molecular complexity index is 463. The minimum absolute atomic E-state index is 0.0650. The first kappa shape index (κ1) is 16.7. The van der Waals surface area contributed by atoms with Gasteiger partial charge in [-0.05, 0) is 38.8 Å². The van der Waals surface area contributed by atoms with Crippen LogP contribution < -0.4 is 10.1 Å². The second kappa shape index (κ2) is 8.13. The first-order chi connectivity index (χ1) is 10.6. The molecule has 122 valence electrons. The lowest BCUT2D eigenvalue weighted by Crippen LogP contribution is -2.35. The summed E-state index contributed by atoms with van der Waals surface area (Å²) in [5.41, 5.74) is 0.729. The smallest absolute Gasteiger partial charge is 0.227 e. The maximum absolute atomic E-state index is 12.0. The number of likely N-dealkylation sites (tertiary alicyclic amines) is 1. The monoisotopic (exact) mass is 305 g/mol. The van der Waals surface area contributed by atoms with Gasteiger partial charge in [-0.25, -0.2) is 4.98 Å². The average Bonchev–Trinajstić information content (AvgIpc) is 2.53. The lowest BCUT2D eigenvalue weighted by molar-refractivity contribution is -0.120. The second-order valence-corrected chi connectivity index (χ2v) is 6.01. The normalized spacial score (nSPS) is 16.7. The average molecular weight is 305 g/mol. The molecule has 1 fully saturated rings. The number of pyridine rings is 1. The van der Waals surface area contributed by atoms with Crippen LogP contribution in [0.15, 0.2) is 18.3 Å². The van der Waals surface area contributed by atoms with Crippen molar-refractivity contribution in [2.45, 2.75) is 45.6 Å². The fourth-order valence-electron chi connectivity index (χ4n) is 2.70. The summed E-state index contributed by atoms with van der Waals surface area (Å²) in [5.74, 6) is 0.765. The van der Waals surface area contributed by atoms with Gasteiger partial charge in [0.15, 0.2) is 0 Å². The zero-order chi connectivity index (χ0) is 15.9. The molecule has 1 aliphatic heterocycles. The molecule has 0 unspecified atom stereocenters. The summed E-state index contributed by atoms with van der Waals surface area (Å²) in [5, 5.41) is 2.92. The van der Waals surface area contributed by atoms with Gasteiger partial charge in [0.1, 0.15) is 6.10 Å². The van der Waals surface area contributed by atoms with E-state index in [2.05, 4.69) is 22.2 Å². The summed E-state index contributed by atoms with van der Waals surface area (Å²) < 4.78 is 5.90. The molecule has 1 saturated heterocycles. The Hall–Kier alpha value is -1.62. The van der Waals surface area contributed by atoms with E-state index in [0.717, 1.165) is 44.5 Å². The van der Waals surface area contributed by atoms with Crippen LogP contribution in [0.2, 0.25) is 0 Å². The van der Waals surface area contributed by atoms with E-state index in [-0.39, 0.29) is 17.9 Å². The maximum atomic E-state index is 12.0. The predicted molar refractivity (Wildman–Crippen MR) is 88.1 cm³/mol. The first-order valence-electron chi connectivity index (χ1n) is 8.24. The van der Waals surface area contributed by atoms with Gasteiger partial charge in [0, 0.05) is 25.1 Å². The van der Waals surface area contributed by atoms with Gasteiger partial charge in [0.05, 0.1) is 11.9 Å². The lowest BCUT2D eigenvalue weighted by atomic mass is 10.0. The van der Waals surface area contributed by atoms with Crippen molar-refractivity contribution < 1.29 is 9.53 Å². The zero-order valence-electron chi connectivity index (χ0n) is 13.8. The lowest BCUT2D eigenvalue weighted by Gasteiger charge is -2.28. The number of rotatable bonds is 6. The zero-order valence-corrected chi connectivity index (χ0v) is 13.8. The molecule has 22 heavy (non-hydrogen) atoms. The number of ether oxygens (including phenoxy) is 1. The van der Waals surface area contributed by atoms with Gasteiger partial charge in [-0.3, -0.25) is 4.79 Å². The van der Waals surface area contributed by atoms with Crippen molar-refractivity contribution in [3.8, 4) is 5.88 Å². The largest absolute Gasteiger partial charge is 0.474 e. The van der Waals surface area contributed by atoms with Crippen LogP contribution >= 0.6 is 0 Å². The molecule has 0 radical (unpaired) electrons.